The summed E-state index contributed by atoms with van der Waals surface area (Å²) in [5, 5.41) is 5.90. The van der Waals surface area contributed by atoms with Crippen LogP contribution in [-0.4, -0.2) is 60.6 Å². The molecule has 0 unspecified atom stereocenters. The van der Waals surface area contributed by atoms with Crippen LogP contribution in [0.25, 0.3) is 0 Å². The number of hydrogen-bond acceptors (Lipinski definition) is 5. The lowest BCUT2D eigenvalue weighted by atomic mass is 9.79. The van der Waals surface area contributed by atoms with Crippen LogP contribution in [0.2, 0.25) is 0 Å². The van der Waals surface area contributed by atoms with E-state index in [4.69, 9.17) is 4.74 Å². The summed E-state index contributed by atoms with van der Waals surface area (Å²) in [6, 6.07) is 8.93. The highest BCUT2D eigenvalue weighted by Gasteiger charge is 2.48. The van der Waals surface area contributed by atoms with Crippen molar-refractivity contribution in [3.8, 4) is 0 Å². The molecule has 7 heteroatoms. The second kappa shape index (κ2) is 9.50. The molecule has 7 nitrogen and oxygen atoms in total. The van der Waals surface area contributed by atoms with Crippen molar-refractivity contribution in [1.82, 2.24) is 15.3 Å². The Bertz CT molecular complexity index is 654. The first-order chi connectivity index (χ1) is 12.9. The summed E-state index contributed by atoms with van der Waals surface area (Å²) < 4.78 is 4.89. The molecule has 0 spiro atoms. The smallest absolute Gasteiger partial charge is 0.325 e. The summed E-state index contributed by atoms with van der Waals surface area (Å²) in [7, 11) is 3.52. The zero-order valence-electron chi connectivity index (χ0n) is 16.4. The molecular formula is C20H29N3O4. The molecule has 0 bridgehead atoms. The molecular weight excluding hydrogens is 346 g/mol. The van der Waals surface area contributed by atoms with Gasteiger partial charge in [-0.05, 0) is 31.9 Å². The fraction of sp³-hybridized carbons (Fsp3) is 0.550. The number of hydrogen-bond donors (Lipinski definition) is 1. The van der Waals surface area contributed by atoms with Gasteiger partial charge in [0.15, 0.2) is 0 Å². The van der Waals surface area contributed by atoms with Gasteiger partial charge in [0.05, 0.1) is 6.61 Å². The number of ether oxygens (including phenoxy) is 1. The van der Waals surface area contributed by atoms with E-state index in [1.807, 2.05) is 6.07 Å². The van der Waals surface area contributed by atoms with Gasteiger partial charge in [-0.3, -0.25) is 19.4 Å². The molecule has 2 rings (SSSR count). The van der Waals surface area contributed by atoms with Crippen molar-refractivity contribution in [3.63, 3.8) is 0 Å². The minimum atomic E-state index is -1.01. The predicted octanol–water partition coefficient (Wildman–Crippen LogP) is 1.99. The summed E-state index contributed by atoms with van der Waals surface area (Å²) in [6.07, 6.45) is 3.82. The molecule has 1 aliphatic carbocycles. The fourth-order valence-corrected chi connectivity index (χ4v) is 3.66. The van der Waals surface area contributed by atoms with Crippen LogP contribution >= 0.6 is 0 Å². The van der Waals surface area contributed by atoms with Crippen molar-refractivity contribution in [2.24, 2.45) is 0 Å². The van der Waals surface area contributed by atoms with Crippen LogP contribution in [0.4, 0.5) is 0 Å². The number of nitrogens with one attached hydrogen (secondary N) is 1. The van der Waals surface area contributed by atoms with Gasteiger partial charge in [-0.15, -0.1) is 0 Å². The highest BCUT2D eigenvalue weighted by Crippen LogP contribution is 2.35. The maximum absolute atomic E-state index is 13.2. The Morgan fingerprint density at radius 2 is 1.70 bits per heavy atom. The first-order valence-electron chi connectivity index (χ1n) is 9.43. The minimum Gasteiger partial charge on any atom is -0.465 e. The van der Waals surface area contributed by atoms with Crippen molar-refractivity contribution in [1.29, 1.82) is 0 Å². The summed E-state index contributed by atoms with van der Waals surface area (Å²) in [5.41, 5.74) is -0.490. The molecule has 1 fully saturated rings. The predicted molar refractivity (Wildman–Crippen MR) is 102 cm³/mol. The van der Waals surface area contributed by atoms with Gasteiger partial charge in [-0.25, -0.2) is 5.01 Å². The Kier molecular flexibility index (Phi) is 7.36. The molecule has 1 saturated carbocycles. The monoisotopic (exact) mass is 375 g/mol. The Labute approximate surface area is 160 Å². The van der Waals surface area contributed by atoms with E-state index in [1.54, 1.807) is 55.3 Å². The van der Waals surface area contributed by atoms with Crippen LogP contribution < -0.4 is 5.32 Å². The molecule has 0 aromatic heterocycles. The van der Waals surface area contributed by atoms with E-state index in [0.717, 1.165) is 19.3 Å². The van der Waals surface area contributed by atoms with E-state index in [1.165, 1.54) is 0 Å². The first-order valence-corrected chi connectivity index (χ1v) is 9.43. The van der Waals surface area contributed by atoms with E-state index in [9.17, 15) is 14.4 Å². The minimum absolute atomic E-state index is 0.199. The second-order valence-corrected chi connectivity index (χ2v) is 6.91. The maximum atomic E-state index is 13.2. The Morgan fingerprint density at radius 1 is 1.07 bits per heavy atom. The van der Waals surface area contributed by atoms with E-state index in [-0.39, 0.29) is 25.0 Å². The van der Waals surface area contributed by atoms with E-state index >= 15 is 0 Å². The number of benzene rings is 1. The molecule has 0 radical (unpaired) electrons. The molecule has 0 aliphatic heterocycles. The average Bonchev–Trinajstić information content (AvgIpc) is 2.67. The van der Waals surface area contributed by atoms with Gasteiger partial charge in [0.2, 0.25) is 5.91 Å². The largest absolute Gasteiger partial charge is 0.465 e. The molecule has 1 aromatic carbocycles. The van der Waals surface area contributed by atoms with Gasteiger partial charge in [-0.1, -0.05) is 37.5 Å². The number of hydrazine groups is 1. The van der Waals surface area contributed by atoms with Gasteiger partial charge < -0.3 is 10.1 Å². The highest BCUT2D eigenvalue weighted by atomic mass is 16.5. The molecule has 1 aliphatic rings. The van der Waals surface area contributed by atoms with Crippen molar-refractivity contribution < 1.29 is 19.1 Å². The summed E-state index contributed by atoms with van der Waals surface area (Å²) >= 11 is 0. The van der Waals surface area contributed by atoms with Crippen LogP contribution in [0.3, 0.4) is 0 Å². The van der Waals surface area contributed by atoms with Gasteiger partial charge in [-0.2, -0.15) is 0 Å². The van der Waals surface area contributed by atoms with Crippen LogP contribution in [0.5, 0.6) is 0 Å². The average molecular weight is 375 g/mol. The normalized spacial score (nSPS) is 15.9. The third-order valence-electron chi connectivity index (χ3n) is 4.82. The topological polar surface area (TPSA) is 79.0 Å². The van der Waals surface area contributed by atoms with Gasteiger partial charge in [0.1, 0.15) is 12.1 Å². The zero-order chi connectivity index (χ0) is 19.9. The molecule has 2 amide bonds. The Hall–Kier alpha value is -2.41. The van der Waals surface area contributed by atoms with Crippen LogP contribution in [0.1, 0.15) is 49.4 Å². The number of esters is 1. The zero-order valence-corrected chi connectivity index (χ0v) is 16.4. The maximum Gasteiger partial charge on any atom is 0.325 e. The van der Waals surface area contributed by atoms with Crippen LogP contribution in [-0.2, 0) is 14.3 Å². The van der Waals surface area contributed by atoms with Crippen molar-refractivity contribution >= 4 is 17.8 Å². The number of amides is 2. The number of rotatable bonds is 7. The van der Waals surface area contributed by atoms with Crippen LogP contribution in [0.15, 0.2) is 30.3 Å². The second-order valence-electron chi connectivity index (χ2n) is 6.91. The Morgan fingerprint density at radius 3 is 2.26 bits per heavy atom. The molecule has 0 saturated heterocycles. The van der Waals surface area contributed by atoms with Gasteiger partial charge >= 0.3 is 5.97 Å². The standard InChI is InChI=1S/C20H29N3O4/c1-4-27-17(24)15-21-19(26)20(13-9-6-10-14-20)23(22(2)3)18(25)16-11-7-5-8-12-16/h5,7-8,11-12H,4,6,9-10,13-15H2,1-3H3,(H,21,26). The summed E-state index contributed by atoms with van der Waals surface area (Å²) in [5.74, 6) is -1.02. The van der Waals surface area contributed by atoms with Gasteiger partial charge in [0, 0.05) is 19.7 Å². The molecule has 0 atom stereocenters. The molecule has 27 heavy (non-hydrogen) atoms. The first kappa shape index (κ1) is 20.9. The molecule has 1 N–H and O–H groups in total. The highest BCUT2D eigenvalue weighted by molar-refractivity contribution is 5.99. The molecule has 0 heterocycles. The molecule has 1 aromatic rings. The third kappa shape index (κ3) is 4.86. The van der Waals surface area contributed by atoms with Crippen molar-refractivity contribution in [3.05, 3.63) is 35.9 Å². The number of nitrogens with zero attached hydrogens (tertiary/aromatic N) is 2. The Balaban J connectivity index is 2.31. The van der Waals surface area contributed by atoms with E-state index in [2.05, 4.69) is 5.32 Å². The SMILES string of the molecule is CCOC(=O)CNC(=O)C1(N(C(=O)c2ccccc2)N(C)C)CCCCC1. The lowest BCUT2D eigenvalue weighted by Gasteiger charge is -2.47. The van der Waals surface area contributed by atoms with E-state index < -0.39 is 11.5 Å². The van der Waals surface area contributed by atoms with E-state index in [0.29, 0.717) is 18.4 Å². The third-order valence-corrected chi connectivity index (χ3v) is 4.82. The molecule has 148 valence electrons. The quantitative estimate of drug-likeness (QED) is 0.582. The lowest BCUT2D eigenvalue weighted by molar-refractivity contribution is -0.149. The van der Waals surface area contributed by atoms with Gasteiger partial charge in [0.25, 0.3) is 5.91 Å². The van der Waals surface area contributed by atoms with Crippen molar-refractivity contribution in [2.75, 3.05) is 27.2 Å². The number of carbonyl (C=O) groups excluding carboxylic acids is 3. The fourth-order valence-electron chi connectivity index (χ4n) is 3.66. The summed E-state index contributed by atoms with van der Waals surface area (Å²) in [6.45, 7) is 1.78. The lowest BCUT2D eigenvalue weighted by Crippen LogP contribution is -2.65. The number of carbonyl (C=O) groups is 3. The van der Waals surface area contributed by atoms with Crippen molar-refractivity contribution in [2.45, 2.75) is 44.6 Å². The van der Waals surface area contributed by atoms with Crippen LogP contribution in [0, 0.1) is 0 Å². The summed E-state index contributed by atoms with van der Waals surface area (Å²) in [4.78, 5) is 38.1.